The Morgan fingerprint density at radius 1 is 1.26 bits per heavy atom. The third kappa shape index (κ3) is 3.43. The highest BCUT2D eigenvalue weighted by Gasteiger charge is 2.21. The van der Waals surface area contributed by atoms with Crippen molar-refractivity contribution < 1.29 is 4.74 Å². The molecule has 4 heteroatoms. The van der Waals surface area contributed by atoms with E-state index in [1.807, 2.05) is 12.3 Å². The number of fused-ring (bicyclic) bond motifs is 3. The average molecular weight is 361 g/mol. The van der Waals surface area contributed by atoms with E-state index in [4.69, 9.17) is 4.74 Å². The Bertz CT molecular complexity index is 999. The molecular weight excluding hydrogens is 334 g/mol. The van der Waals surface area contributed by atoms with Gasteiger partial charge in [-0.2, -0.15) is 0 Å². The molecular formula is C23H27N3O. The minimum absolute atomic E-state index is 0.547. The summed E-state index contributed by atoms with van der Waals surface area (Å²) in [6.07, 6.45) is 5.29. The topological polar surface area (TPSA) is 30.3 Å². The Balaban J connectivity index is 1.80. The molecule has 27 heavy (non-hydrogen) atoms. The minimum Gasteiger partial charge on any atom is -0.378 e. The molecule has 3 aromatic rings. The Hall–Kier alpha value is -2.43. The lowest BCUT2D eigenvalue weighted by atomic mass is 10.0. The molecule has 0 amide bonds. The molecule has 0 aliphatic carbocycles. The molecule has 0 atom stereocenters. The first-order valence-electron chi connectivity index (χ1n) is 9.50. The molecule has 0 radical (unpaired) electrons. The first-order valence-corrected chi connectivity index (χ1v) is 9.50. The predicted octanol–water partition coefficient (Wildman–Crippen LogP) is 4.50. The number of likely N-dealkylation sites (N-methyl/N-ethyl adjacent to an activating group) is 1. The lowest BCUT2D eigenvalue weighted by Crippen LogP contribution is -2.26. The number of rotatable bonds is 4. The summed E-state index contributed by atoms with van der Waals surface area (Å²) in [5.74, 6) is 0. The molecule has 0 bridgehead atoms. The molecule has 0 saturated heterocycles. The fraction of sp³-hybridized carbons (Fsp3) is 0.348. The highest BCUT2D eigenvalue weighted by Crippen LogP contribution is 2.32. The Labute approximate surface area is 161 Å². The quantitative estimate of drug-likeness (QED) is 0.685. The first kappa shape index (κ1) is 18.0. The van der Waals surface area contributed by atoms with Crippen molar-refractivity contribution in [3.8, 4) is 0 Å². The average Bonchev–Trinajstić information content (AvgIpc) is 2.95. The van der Waals surface area contributed by atoms with Gasteiger partial charge in [-0.1, -0.05) is 17.7 Å². The lowest BCUT2D eigenvalue weighted by molar-refractivity contribution is 0.181. The second kappa shape index (κ2) is 7.29. The molecule has 4 rings (SSSR count). The van der Waals surface area contributed by atoms with Crippen LogP contribution < -0.4 is 0 Å². The summed E-state index contributed by atoms with van der Waals surface area (Å²) in [5.41, 5.74) is 8.84. The number of aromatic nitrogens is 2. The molecule has 0 spiro atoms. The molecule has 140 valence electrons. The van der Waals surface area contributed by atoms with Gasteiger partial charge in [-0.25, -0.2) is 0 Å². The lowest BCUT2D eigenvalue weighted by Gasteiger charge is -2.23. The van der Waals surface area contributed by atoms with E-state index < -0.39 is 0 Å². The maximum atomic E-state index is 5.16. The van der Waals surface area contributed by atoms with Crippen molar-refractivity contribution in [2.75, 3.05) is 20.7 Å². The molecule has 0 fully saturated rings. The van der Waals surface area contributed by atoms with Crippen molar-refractivity contribution in [3.63, 3.8) is 0 Å². The zero-order valence-corrected chi connectivity index (χ0v) is 16.6. The molecule has 1 aliphatic rings. The minimum atomic E-state index is 0.547. The third-order valence-corrected chi connectivity index (χ3v) is 5.43. The van der Waals surface area contributed by atoms with Crippen molar-refractivity contribution in [2.45, 2.75) is 33.4 Å². The zero-order valence-electron chi connectivity index (χ0n) is 16.6. The van der Waals surface area contributed by atoms with Crippen molar-refractivity contribution in [2.24, 2.45) is 0 Å². The van der Waals surface area contributed by atoms with E-state index in [2.05, 4.69) is 65.8 Å². The van der Waals surface area contributed by atoms with Gasteiger partial charge in [0.1, 0.15) is 0 Å². The van der Waals surface area contributed by atoms with Crippen LogP contribution in [0.4, 0.5) is 0 Å². The number of allylic oxidation sites excluding steroid dienone is 1. The number of nitrogens with zero attached hydrogens (tertiary/aromatic N) is 3. The summed E-state index contributed by atoms with van der Waals surface area (Å²) in [6.45, 7) is 7.00. The summed E-state index contributed by atoms with van der Waals surface area (Å²) in [6, 6.07) is 11.0. The molecule has 0 N–H and O–H groups in total. The normalized spacial score (nSPS) is 15.3. The number of hydrogen-bond donors (Lipinski definition) is 0. The van der Waals surface area contributed by atoms with Gasteiger partial charge in [-0.3, -0.25) is 4.98 Å². The van der Waals surface area contributed by atoms with E-state index in [1.165, 1.54) is 33.3 Å². The van der Waals surface area contributed by atoms with Gasteiger partial charge >= 0.3 is 0 Å². The van der Waals surface area contributed by atoms with Gasteiger partial charge in [-0.15, -0.1) is 0 Å². The van der Waals surface area contributed by atoms with Crippen LogP contribution in [0.3, 0.4) is 0 Å². The van der Waals surface area contributed by atoms with Gasteiger partial charge in [0.25, 0.3) is 0 Å². The Kier molecular flexibility index (Phi) is 4.85. The number of hydrogen-bond acceptors (Lipinski definition) is 3. The van der Waals surface area contributed by atoms with Crippen molar-refractivity contribution in [3.05, 3.63) is 64.6 Å². The molecule has 1 aliphatic heterocycles. The van der Waals surface area contributed by atoms with Crippen molar-refractivity contribution in [1.29, 1.82) is 0 Å². The van der Waals surface area contributed by atoms with Gasteiger partial charge in [0.2, 0.25) is 0 Å². The standard InChI is InChI=1S/C23H27N3O/c1-16-5-8-22-20(11-16)21-14-25(3)10-9-23(21)26(22)13-17(2)18-6-7-19(15-27-4)24-12-18/h5-8,11-13H,9-10,14-15H2,1-4H3/b17-13-. The Morgan fingerprint density at radius 3 is 2.85 bits per heavy atom. The Morgan fingerprint density at radius 2 is 2.11 bits per heavy atom. The summed E-state index contributed by atoms with van der Waals surface area (Å²) >= 11 is 0. The summed E-state index contributed by atoms with van der Waals surface area (Å²) in [7, 11) is 3.90. The maximum Gasteiger partial charge on any atom is 0.0884 e. The summed E-state index contributed by atoms with van der Waals surface area (Å²) in [5, 5.41) is 1.38. The van der Waals surface area contributed by atoms with Crippen LogP contribution in [-0.2, 0) is 24.3 Å². The van der Waals surface area contributed by atoms with Crippen molar-refractivity contribution in [1.82, 2.24) is 14.5 Å². The van der Waals surface area contributed by atoms with E-state index in [-0.39, 0.29) is 0 Å². The van der Waals surface area contributed by atoms with Gasteiger partial charge < -0.3 is 14.2 Å². The van der Waals surface area contributed by atoms with Crippen molar-refractivity contribution >= 4 is 22.7 Å². The van der Waals surface area contributed by atoms with Crippen LogP contribution in [0.25, 0.3) is 22.7 Å². The second-order valence-corrected chi connectivity index (χ2v) is 7.59. The number of benzene rings is 1. The zero-order chi connectivity index (χ0) is 19.0. The number of methoxy groups -OCH3 is 1. The fourth-order valence-electron chi connectivity index (χ4n) is 3.95. The molecule has 2 aromatic heterocycles. The summed E-state index contributed by atoms with van der Waals surface area (Å²) in [4.78, 5) is 6.91. The highest BCUT2D eigenvalue weighted by molar-refractivity contribution is 5.90. The SMILES string of the molecule is COCc1ccc(/C(C)=C\n2c3c(c4cc(C)ccc42)CN(C)CC3)cn1. The van der Waals surface area contributed by atoms with Crippen LogP contribution in [-0.4, -0.2) is 35.2 Å². The van der Waals surface area contributed by atoms with E-state index in [1.54, 1.807) is 7.11 Å². The van der Waals surface area contributed by atoms with Crippen LogP contribution in [0.1, 0.15) is 35.0 Å². The van der Waals surface area contributed by atoms with Crippen LogP contribution >= 0.6 is 0 Å². The van der Waals surface area contributed by atoms with E-state index in [9.17, 15) is 0 Å². The molecule has 0 saturated carbocycles. The molecule has 0 unspecified atom stereocenters. The fourth-order valence-corrected chi connectivity index (χ4v) is 3.95. The smallest absolute Gasteiger partial charge is 0.0884 e. The van der Waals surface area contributed by atoms with Gasteiger partial charge in [0.15, 0.2) is 0 Å². The number of pyridine rings is 1. The predicted molar refractivity (Wildman–Crippen MR) is 112 cm³/mol. The van der Waals surface area contributed by atoms with Gasteiger partial charge in [0, 0.05) is 50.1 Å². The largest absolute Gasteiger partial charge is 0.378 e. The second-order valence-electron chi connectivity index (χ2n) is 7.59. The molecule has 1 aromatic carbocycles. The summed E-state index contributed by atoms with van der Waals surface area (Å²) < 4.78 is 7.56. The van der Waals surface area contributed by atoms with E-state index in [0.29, 0.717) is 6.61 Å². The van der Waals surface area contributed by atoms with E-state index in [0.717, 1.165) is 30.8 Å². The highest BCUT2D eigenvalue weighted by atomic mass is 16.5. The van der Waals surface area contributed by atoms with Crippen LogP contribution in [0.2, 0.25) is 0 Å². The van der Waals surface area contributed by atoms with Gasteiger partial charge in [-0.05, 0) is 55.8 Å². The number of aryl methyl sites for hydroxylation is 1. The monoisotopic (exact) mass is 361 g/mol. The third-order valence-electron chi connectivity index (χ3n) is 5.43. The molecule has 4 nitrogen and oxygen atoms in total. The number of ether oxygens (including phenoxy) is 1. The van der Waals surface area contributed by atoms with E-state index >= 15 is 0 Å². The van der Waals surface area contributed by atoms with Crippen LogP contribution in [0.15, 0.2) is 36.5 Å². The van der Waals surface area contributed by atoms with Gasteiger partial charge in [0.05, 0.1) is 17.8 Å². The molecule has 3 heterocycles. The van der Waals surface area contributed by atoms with Crippen LogP contribution in [0, 0.1) is 6.92 Å². The maximum absolute atomic E-state index is 5.16. The first-order chi connectivity index (χ1) is 13.1. The van der Waals surface area contributed by atoms with Crippen LogP contribution in [0.5, 0.6) is 0 Å².